The molecule has 0 atom stereocenters. The van der Waals surface area contributed by atoms with Crippen LogP contribution in [0.1, 0.15) is 15.2 Å². The first kappa shape index (κ1) is 10.8. The number of halogens is 1. The van der Waals surface area contributed by atoms with Crippen LogP contribution >= 0.6 is 11.3 Å². The van der Waals surface area contributed by atoms with Crippen LogP contribution in [0.2, 0.25) is 0 Å². The summed E-state index contributed by atoms with van der Waals surface area (Å²) in [5.74, 6) is -1.50. The minimum atomic E-state index is -0.807. The van der Waals surface area contributed by atoms with Crippen molar-refractivity contribution in [2.45, 2.75) is 6.61 Å². The Balaban J connectivity index is 2.01. The van der Waals surface area contributed by atoms with Crippen molar-refractivity contribution < 1.29 is 13.9 Å². The number of esters is 1. The van der Waals surface area contributed by atoms with Crippen molar-refractivity contribution in [2.24, 2.45) is 0 Å². The first-order valence-electron chi connectivity index (χ1n) is 4.57. The second-order valence-electron chi connectivity index (χ2n) is 3.00. The Morgan fingerprint density at radius 3 is 3.00 bits per heavy atom. The molecule has 0 amide bonds. The van der Waals surface area contributed by atoms with Gasteiger partial charge in [0.05, 0.1) is 0 Å². The molecule has 0 unspecified atom stereocenters. The molecule has 0 saturated heterocycles. The van der Waals surface area contributed by atoms with E-state index in [0.717, 1.165) is 4.88 Å². The third-order valence-corrected chi connectivity index (χ3v) is 2.75. The van der Waals surface area contributed by atoms with Crippen LogP contribution in [0.25, 0.3) is 0 Å². The van der Waals surface area contributed by atoms with Gasteiger partial charge in [-0.25, -0.2) is 9.78 Å². The number of hydrogen-bond donors (Lipinski definition) is 0. The maximum absolute atomic E-state index is 13.1. The number of thiophene rings is 1. The summed E-state index contributed by atoms with van der Waals surface area (Å²) in [6.07, 6.45) is 1.28. The fourth-order valence-corrected chi connectivity index (χ4v) is 1.76. The van der Waals surface area contributed by atoms with Gasteiger partial charge in [-0.15, -0.1) is 11.3 Å². The summed E-state index contributed by atoms with van der Waals surface area (Å²) >= 11 is 1.48. The summed E-state index contributed by atoms with van der Waals surface area (Å²) in [6.45, 7) is 0.158. The maximum atomic E-state index is 13.1. The summed E-state index contributed by atoms with van der Waals surface area (Å²) in [7, 11) is 0. The van der Waals surface area contributed by atoms with Gasteiger partial charge in [0.25, 0.3) is 0 Å². The molecule has 0 aliphatic rings. The van der Waals surface area contributed by atoms with Gasteiger partial charge >= 0.3 is 5.97 Å². The zero-order chi connectivity index (χ0) is 11.4. The van der Waals surface area contributed by atoms with Crippen LogP contribution in [0.5, 0.6) is 0 Å². The van der Waals surface area contributed by atoms with Gasteiger partial charge in [-0.05, 0) is 23.6 Å². The lowest BCUT2D eigenvalue weighted by Crippen LogP contribution is -2.07. The van der Waals surface area contributed by atoms with Gasteiger partial charge in [-0.2, -0.15) is 4.39 Å². The molecule has 0 N–H and O–H groups in total. The van der Waals surface area contributed by atoms with Gasteiger partial charge in [-0.3, -0.25) is 0 Å². The van der Waals surface area contributed by atoms with Crippen LogP contribution in [-0.4, -0.2) is 11.0 Å². The highest BCUT2D eigenvalue weighted by Gasteiger charge is 2.13. The molecule has 5 heteroatoms. The van der Waals surface area contributed by atoms with Crippen LogP contribution < -0.4 is 0 Å². The molecule has 0 bridgehead atoms. The molecule has 0 saturated carbocycles. The normalized spacial score (nSPS) is 10.1. The number of carbonyl (C=O) groups is 1. The molecule has 2 aromatic rings. The molecule has 16 heavy (non-hydrogen) atoms. The SMILES string of the molecule is O=C(OCc1cccs1)c1cccnc1F. The number of carbonyl (C=O) groups excluding carboxylic acids is 1. The van der Waals surface area contributed by atoms with Crippen molar-refractivity contribution in [2.75, 3.05) is 0 Å². The smallest absolute Gasteiger partial charge is 0.343 e. The third kappa shape index (κ3) is 2.43. The monoisotopic (exact) mass is 237 g/mol. The second-order valence-corrected chi connectivity index (χ2v) is 4.03. The topological polar surface area (TPSA) is 39.2 Å². The predicted molar refractivity (Wildman–Crippen MR) is 57.6 cm³/mol. The summed E-state index contributed by atoms with van der Waals surface area (Å²) < 4.78 is 18.0. The minimum Gasteiger partial charge on any atom is -0.456 e. The summed E-state index contributed by atoms with van der Waals surface area (Å²) in [5.41, 5.74) is -0.140. The number of hydrogen-bond acceptors (Lipinski definition) is 4. The van der Waals surface area contributed by atoms with Crippen LogP contribution in [0, 0.1) is 5.95 Å². The summed E-state index contributed by atoms with van der Waals surface area (Å²) in [4.78, 5) is 15.8. The van der Waals surface area contributed by atoms with Crippen molar-refractivity contribution in [3.05, 3.63) is 52.2 Å². The van der Waals surface area contributed by atoms with Gasteiger partial charge in [-0.1, -0.05) is 6.07 Å². The zero-order valence-corrected chi connectivity index (χ0v) is 9.04. The summed E-state index contributed by atoms with van der Waals surface area (Å²) in [6, 6.07) is 6.54. The Morgan fingerprint density at radius 2 is 2.31 bits per heavy atom. The number of pyridine rings is 1. The molecule has 0 radical (unpaired) electrons. The fourth-order valence-electron chi connectivity index (χ4n) is 1.15. The Labute approximate surface area is 95.5 Å². The van der Waals surface area contributed by atoms with E-state index in [-0.39, 0.29) is 12.2 Å². The quantitative estimate of drug-likeness (QED) is 0.608. The number of rotatable bonds is 3. The van der Waals surface area contributed by atoms with Gasteiger partial charge in [0.1, 0.15) is 12.2 Å². The predicted octanol–water partition coefficient (Wildman–Crippen LogP) is 2.64. The van der Waals surface area contributed by atoms with Gasteiger partial charge in [0.15, 0.2) is 0 Å². The molecular weight excluding hydrogens is 229 g/mol. The van der Waals surface area contributed by atoms with E-state index in [1.54, 1.807) is 0 Å². The van der Waals surface area contributed by atoms with Crippen LogP contribution in [0.15, 0.2) is 35.8 Å². The average molecular weight is 237 g/mol. The highest BCUT2D eigenvalue weighted by Crippen LogP contribution is 2.12. The lowest BCUT2D eigenvalue weighted by Gasteiger charge is -2.03. The molecule has 3 nitrogen and oxygen atoms in total. The van der Waals surface area contributed by atoms with Crippen molar-refractivity contribution in [3.8, 4) is 0 Å². The molecule has 0 spiro atoms. The zero-order valence-electron chi connectivity index (χ0n) is 8.22. The van der Waals surface area contributed by atoms with Crippen LogP contribution in [0.4, 0.5) is 4.39 Å². The molecule has 2 aromatic heterocycles. The minimum absolute atomic E-state index is 0.140. The average Bonchev–Trinajstić information content (AvgIpc) is 2.79. The van der Waals surface area contributed by atoms with Gasteiger partial charge in [0, 0.05) is 11.1 Å². The number of nitrogens with zero attached hydrogens (tertiary/aromatic N) is 1. The van der Waals surface area contributed by atoms with E-state index in [9.17, 15) is 9.18 Å². The molecule has 0 aliphatic carbocycles. The van der Waals surface area contributed by atoms with Crippen molar-refractivity contribution in [3.63, 3.8) is 0 Å². The number of ether oxygens (including phenoxy) is 1. The van der Waals surface area contributed by atoms with Crippen molar-refractivity contribution in [1.29, 1.82) is 0 Å². The molecule has 0 aromatic carbocycles. The van der Waals surface area contributed by atoms with E-state index in [1.165, 1.54) is 29.7 Å². The molecule has 0 aliphatic heterocycles. The molecular formula is C11H8FNO2S. The van der Waals surface area contributed by atoms with E-state index < -0.39 is 11.9 Å². The Bertz CT molecular complexity index is 484. The number of aromatic nitrogens is 1. The first-order chi connectivity index (χ1) is 7.77. The second kappa shape index (κ2) is 4.85. The van der Waals surface area contributed by atoms with E-state index in [0.29, 0.717) is 0 Å². The molecule has 0 fully saturated rings. The van der Waals surface area contributed by atoms with Crippen LogP contribution in [-0.2, 0) is 11.3 Å². The maximum Gasteiger partial charge on any atom is 0.343 e. The lowest BCUT2D eigenvalue weighted by atomic mass is 10.3. The third-order valence-electron chi connectivity index (χ3n) is 1.90. The molecule has 82 valence electrons. The fraction of sp³-hybridized carbons (Fsp3) is 0.0909. The van der Waals surface area contributed by atoms with Gasteiger partial charge < -0.3 is 4.74 Å². The van der Waals surface area contributed by atoms with E-state index in [2.05, 4.69) is 4.98 Å². The summed E-state index contributed by atoms with van der Waals surface area (Å²) in [5, 5.41) is 1.88. The molecule has 2 rings (SSSR count). The largest absolute Gasteiger partial charge is 0.456 e. The van der Waals surface area contributed by atoms with Gasteiger partial charge in [0.2, 0.25) is 5.95 Å². The van der Waals surface area contributed by atoms with E-state index in [1.807, 2.05) is 17.5 Å². The first-order valence-corrected chi connectivity index (χ1v) is 5.45. The lowest BCUT2D eigenvalue weighted by molar-refractivity contribution is 0.0470. The van der Waals surface area contributed by atoms with Crippen molar-refractivity contribution >= 4 is 17.3 Å². The van der Waals surface area contributed by atoms with Crippen LogP contribution in [0.3, 0.4) is 0 Å². The standard InChI is InChI=1S/C11H8FNO2S/c12-10-9(4-1-5-13-10)11(14)15-7-8-3-2-6-16-8/h1-6H,7H2. The Morgan fingerprint density at radius 1 is 1.44 bits per heavy atom. The van der Waals surface area contributed by atoms with E-state index in [4.69, 9.17) is 4.74 Å². The Hall–Kier alpha value is -1.75. The Kier molecular flexibility index (Phi) is 3.26. The van der Waals surface area contributed by atoms with Crippen molar-refractivity contribution in [1.82, 2.24) is 4.98 Å². The van der Waals surface area contributed by atoms with E-state index >= 15 is 0 Å². The molecule has 2 heterocycles. The highest BCUT2D eigenvalue weighted by molar-refractivity contribution is 7.09. The highest BCUT2D eigenvalue weighted by atomic mass is 32.1.